The quantitative estimate of drug-likeness (QED) is 0.864. The third-order valence-corrected chi connectivity index (χ3v) is 5.39. The molecule has 4 nitrogen and oxygen atoms in total. The lowest BCUT2D eigenvalue weighted by Gasteiger charge is -2.41. The zero-order valence-corrected chi connectivity index (χ0v) is 14.4. The molecule has 2 fully saturated rings. The minimum absolute atomic E-state index is 0.226. The molecule has 0 atom stereocenters. The third kappa shape index (κ3) is 3.30. The summed E-state index contributed by atoms with van der Waals surface area (Å²) in [5, 5.41) is 3.56. The molecule has 0 bridgehead atoms. The Bertz CT molecular complexity index is 534. The van der Waals surface area contributed by atoms with E-state index in [1.165, 1.54) is 0 Å². The van der Waals surface area contributed by atoms with Crippen molar-refractivity contribution in [3.63, 3.8) is 0 Å². The summed E-state index contributed by atoms with van der Waals surface area (Å²) in [6.45, 7) is 1.79. The van der Waals surface area contributed by atoms with Crippen LogP contribution in [-0.4, -0.2) is 35.5 Å². The first-order valence-electron chi connectivity index (χ1n) is 8.18. The number of anilines is 1. The first kappa shape index (κ1) is 15.8. The van der Waals surface area contributed by atoms with Gasteiger partial charge in [0.15, 0.2) is 0 Å². The second-order valence-corrected chi connectivity index (χ2v) is 7.47. The predicted octanol–water partition coefficient (Wildman–Crippen LogP) is 3.12. The van der Waals surface area contributed by atoms with Gasteiger partial charge in [0.25, 0.3) is 0 Å². The third-order valence-electron chi connectivity index (χ3n) is 4.89. The maximum absolute atomic E-state index is 13.1. The normalized spacial score (nSPS) is 28.6. The molecule has 1 saturated heterocycles. The van der Waals surface area contributed by atoms with Gasteiger partial charge in [-0.15, -0.1) is 0 Å². The van der Waals surface area contributed by atoms with Gasteiger partial charge < -0.3 is 16.0 Å². The van der Waals surface area contributed by atoms with Crippen LogP contribution in [0.5, 0.6) is 0 Å². The molecule has 0 radical (unpaired) electrons. The standard InChI is InChI=1S/C17H24BrN3O/c18-13-4-3-5-15(12-13)20-17(8-6-14(19)7-9-17)16(22)21-10-1-2-11-21/h3-5,12,14,20H,1-2,6-11,19H2. The van der Waals surface area contributed by atoms with E-state index in [0.717, 1.165) is 61.8 Å². The van der Waals surface area contributed by atoms with Crippen LogP contribution in [0.15, 0.2) is 28.7 Å². The molecular formula is C17H24BrN3O. The second-order valence-electron chi connectivity index (χ2n) is 6.55. The number of benzene rings is 1. The highest BCUT2D eigenvalue weighted by atomic mass is 79.9. The van der Waals surface area contributed by atoms with Gasteiger partial charge in [-0.2, -0.15) is 0 Å². The van der Waals surface area contributed by atoms with E-state index in [4.69, 9.17) is 5.73 Å². The molecule has 3 rings (SSSR count). The number of nitrogens with zero attached hydrogens (tertiary/aromatic N) is 1. The minimum Gasteiger partial charge on any atom is -0.371 e. The molecule has 1 saturated carbocycles. The lowest BCUT2D eigenvalue weighted by Crippen LogP contribution is -2.56. The van der Waals surface area contributed by atoms with Crippen LogP contribution in [0.4, 0.5) is 5.69 Å². The first-order valence-corrected chi connectivity index (χ1v) is 8.97. The summed E-state index contributed by atoms with van der Waals surface area (Å²) in [6, 6.07) is 8.28. The van der Waals surface area contributed by atoms with E-state index in [1.807, 2.05) is 29.2 Å². The maximum atomic E-state index is 13.1. The topological polar surface area (TPSA) is 58.4 Å². The van der Waals surface area contributed by atoms with Crippen molar-refractivity contribution in [2.24, 2.45) is 5.73 Å². The summed E-state index contributed by atoms with van der Waals surface area (Å²) in [6.07, 6.45) is 5.68. The number of carbonyl (C=O) groups excluding carboxylic acids is 1. The van der Waals surface area contributed by atoms with Gasteiger partial charge in [0.2, 0.25) is 5.91 Å². The zero-order valence-electron chi connectivity index (χ0n) is 12.9. The highest BCUT2D eigenvalue weighted by molar-refractivity contribution is 9.10. The number of nitrogens with one attached hydrogen (secondary N) is 1. The average Bonchev–Trinajstić information content (AvgIpc) is 3.03. The van der Waals surface area contributed by atoms with Crippen LogP contribution in [0.25, 0.3) is 0 Å². The van der Waals surface area contributed by atoms with Gasteiger partial charge in [0.05, 0.1) is 0 Å². The molecule has 5 heteroatoms. The molecule has 1 aliphatic heterocycles. The van der Waals surface area contributed by atoms with Crippen molar-refractivity contribution in [1.82, 2.24) is 4.90 Å². The summed E-state index contributed by atoms with van der Waals surface area (Å²) < 4.78 is 1.02. The van der Waals surface area contributed by atoms with Crippen LogP contribution < -0.4 is 11.1 Å². The number of nitrogens with two attached hydrogens (primary N) is 1. The molecule has 1 aromatic rings. The predicted molar refractivity (Wildman–Crippen MR) is 92.8 cm³/mol. The average molecular weight is 366 g/mol. The van der Waals surface area contributed by atoms with Gasteiger partial charge in [-0.1, -0.05) is 22.0 Å². The van der Waals surface area contributed by atoms with Gasteiger partial charge in [0, 0.05) is 29.3 Å². The van der Waals surface area contributed by atoms with Crippen LogP contribution in [-0.2, 0) is 4.79 Å². The Morgan fingerprint density at radius 1 is 1.27 bits per heavy atom. The van der Waals surface area contributed by atoms with Crippen LogP contribution >= 0.6 is 15.9 Å². The van der Waals surface area contributed by atoms with Crippen LogP contribution in [0.3, 0.4) is 0 Å². The number of rotatable bonds is 3. The van der Waals surface area contributed by atoms with Crippen molar-refractivity contribution in [3.05, 3.63) is 28.7 Å². The number of likely N-dealkylation sites (tertiary alicyclic amines) is 1. The summed E-state index contributed by atoms with van der Waals surface area (Å²) >= 11 is 3.50. The van der Waals surface area contributed by atoms with E-state index >= 15 is 0 Å². The zero-order chi connectivity index (χ0) is 15.6. The van der Waals surface area contributed by atoms with Crippen LogP contribution in [0, 0.1) is 0 Å². The molecule has 1 aliphatic carbocycles. The van der Waals surface area contributed by atoms with Gasteiger partial charge in [-0.3, -0.25) is 4.79 Å². The molecule has 0 spiro atoms. The fourth-order valence-electron chi connectivity index (χ4n) is 3.59. The molecule has 2 aliphatic rings. The van der Waals surface area contributed by atoms with Crippen molar-refractivity contribution >= 4 is 27.5 Å². The molecule has 0 aromatic heterocycles. The molecule has 0 unspecified atom stereocenters. The van der Waals surface area contributed by atoms with E-state index in [2.05, 4.69) is 21.2 Å². The molecule has 1 aromatic carbocycles. The second kappa shape index (κ2) is 6.59. The van der Waals surface area contributed by atoms with Crippen molar-refractivity contribution in [1.29, 1.82) is 0 Å². The van der Waals surface area contributed by atoms with E-state index in [9.17, 15) is 4.79 Å². The van der Waals surface area contributed by atoms with Gasteiger partial charge in [-0.25, -0.2) is 0 Å². The summed E-state index contributed by atoms with van der Waals surface area (Å²) in [5.74, 6) is 0.261. The Morgan fingerprint density at radius 2 is 1.95 bits per heavy atom. The summed E-state index contributed by atoms with van der Waals surface area (Å²) in [4.78, 5) is 15.2. The highest BCUT2D eigenvalue weighted by Gasteiger charge is 2.44. The Balaban J connectivity index is 1.84. The van der Waals surface area contributed by atoms with Crippen LogP contribution in [0.2, 0.25) is 0 Å². The van der Waals surface area contributed by atoms with Gasteiger partial charge >= 0.3 is 0 Å². The SMILES string of the molecule is NC1CCC(Nc2cccc(Br)c2)(C(=O)N2CCCC2)CC1. The number of carbonyl (C=O) groups is 1. The molecule has 120 valence electrons. The van der Waals surface area contributed by atoms with E-state index < -0.39 is 5.54 Å². The molecular weight excluding hydrogens is 342 g/mol. The minimum atomic E-state index is -0.485. The number of hydrogen-bond donors (Lipinski definition) is 2. The lowest BCUT2D eigenvalue weighted by atomic mass is 9.78. The maximum Gasteiger partial charge on any atom is 0.248 e. The van der Waals surface area contributed by atoms with Gasteiger partial charge in [-0.05, 0) is 56.7 Å². The fourth-order valence-corrected chi connectivity index (χ4v) is 3.99. The van der Waals surface area contributed by atoms with Gasteiger partial charge in [0.1, 0.15) is 5.54 Å². The highest BCUT2D eigenvalue weighted by Crippen LogP contribution is 2.34. The van der Waals surface area contributed by atoms with E-state index in [1.54, 1.807) is 0 Å². The largest absolute Gasteiger partial charge is 0.371 e. The fraction of sp³-hybridized carbons (Fsp3) is 0.588. The molecule has 3 N–H and O–H groups in total. The lowest BCUT2D eigenvalue weighted by molar-refractivity contribution is -0.136. The Kier molecular flexibility index (Phi) is 4.73. The molecule has 1 amide bonds. The monoisotopic (exact) mass is 365 g/mol. The first-order chi connectivity index (χ1) is 10.6. The van der Waals surface area contributed by atoms with E-state index in [0.29, 0.717) is 0 Å². The Morgan fingerprint density at radius 3 is 2.59 bits per heavy atom. The molecule has 22 heavy (non-hydrogen) atoms. The number of halogens is 1. The van der Waals surface area contributed by atoms with E-state index in [-0.39, 0.29) is 11.9 Å². The van der Waals surface area contributed by atoms with Crippen LogP contribution in [0.1, 0.15) is 38.5 Å². The number of hydrogen-bond acceptors (Lipinski definition) is 3. The Labute approximate surface area is 140 Å². The molecule has 1 heterocycles. The van der Waals surface area contributed by atoms with Crippen molar-refractivity contribution < 1.29 is 4.79 Å². The van der Waals surface area contributed by atoms with Crippen molar-refractivity contribution in [2.75, 3.05) is 18.4 Å². The number of amides is 1. The van der Waals surface area contributed by atoms with Crippen molar-refractivity contribution in [3.8, 4) is 0 Å². The summed E-state index contributed by atoms with van der Waals surface area (Å²) in [5.41, 5.74) is 6.58. The van der Waals surface area contributed by atoms with Crippen molar-refractivity contribution in [2.45, 2.75) is 50.1 Å². The smallest absolute Gasteiger partial charge is 0.248 e. The Hall–Kier alpha value is -1.07. The summed E-state index contributed by atoms with van der Waals surface area (Å²) in [7, 11) is 0.